The van der Waals surface area contributed by atoms with Crippen molar-refractivity contribution in [3.63, 3.8) is 0 Å². The van der Waals surface area contributed by atoms with Crippen LogP contribution in [0.3, 0.4) is 0 Å². The van der Waals surface area contributed by atoms with E-state index in [1.165, 1.54) is 4.88 Å². The van der Waals surface area contributed by atoms with Gasteiger partial charge in [-0.2, -0.15) is 5.26 Å². The molecule has 0 saturated carbocycles. The molecule has 0 unspecified atom stereocenters. The molecule has 4 nitrogen and oxygen atoms in total. The molecule has 27 heavy (non-hydrogen) atoms. The number of fused-ring (bicyclic) bond motifs is 1. The lowest BCUT2D eigenvalue weighted by atomic mass is 9.72. The van der Waals surface area contributed by atoms with E-state index in [0.29, 0.717) is 22.2 Å². The second-order valence-electron chi connectivity index (χ2n) is 8.28. The molecule has 1 aliphatic carbocycles. The fourth-order valence-electron chi connectivity index (χ4n) is 3.48. The summed E-state index contributed by atoms with van der Waals surface area (Å²) in [5, 5.41) is 13.2. The SMILES string of the molecule is Cc1ccc(OCC(=O)Nc2sc3c(c2C#N)CC[C@@H](C(C)(C)C)C3)cc1. The van der Waals surface area contributed by atoms with Crippen molar-refractivity contribution in [2.45, 2.75) is 47.0 Å². The predicted octanol–water partition coefficient (Wildman–Crippen LogP) is 5.10. The molecule has 1 aromatic heterocycles. The summed E-state index contributed by atoms with van der Waals surface area (Å²) in [6.45, 7) is 8.75. The number of hydrogen-bond donors (Lipinski definition) is 1. The van der Waals surface area contributed by atoms with Gasteiger partial charge in [0.1, 0.15) is 16.8 Å². The lowest BCUT2D eigenvalue weighted by molar-refractivity contribution is -0.118. The summed E-state index contributed by atoms with van der Waals surface area (Å²) in [5.74, 6) is 1.02. The van der Waals surface area contributed by atoms with E-state index in [-0.39, 0.29) is 17.9 Å². The van der Waals surface area contributed by atoms with Crippen LogP contribution in [0.15, 0.2) is 24.3 Å². The maximum Gasteiger partial charge on any atom is 0.262 e. The molecule has 0 radical (unpaired) electrons. The van der Waals surface area contributed by atoms with E-state index in [1.807, 2.05) is 31.2 Å². The van der Waals surface area contributed by atoms with Crippen molar-refractivity contribution in [1.29, 1.82) is 5.26 Å². The van der Waals surface area contributed by atoms with Crippen LogP contribution in [0.5, 0.6) is 5.75 Å². The minimum atomic E-state index is -0.238. The van der Waals surface area contributed by atoms with Crippen molar-refractivity contribution < 1.29 is 9.53 Å². The minimum absolute atomic E-state index is 0.0683. The van der Waals surface area contributed by atoms with Gasteiger partial charge in [-0.15, -0.1) is 11.3 Å². The van der Waals surface area contributed by atoms with Crippen LogP contribution >= 0.6 is 11.3 Å². The summed E-state index contributed by atoms with van der Waals surface area (Å²) >= 11 is 1.55. The number of hydrogen-bond acceptors (Lipinski definition) is 4. The average Bonchev–Trinajstić information content (AvgIpc) is 2.96. The number of nitriles is 1. The predicted molar refractivity (Wildman–Crippen MR) is 109 cm³/mol. The zero-order chi connectivity index (χ0) is 19.6. The zero-order valence-electron chi connectivity index (χ0n) is 16.4. The van der Waals surface area contributed by atoms with Gasteiger partial charge in [-0.1, -0.05) is 38.5 Å². The topological polar surface area (TPSA) is 62.1 Å². The van der Waals surface area contributed by atoms with E-state index in [2.05, 4.69) is 32.2 Å². The van der Waals surface area contributed by atoms with Crippen LogP contribution in [-0.2, 0) is 17.6 Å². The first-order valence-electron chi connectivity index (χ1n) is 9.32. The van der Waals surface area contributed by atoms with E-state index in [0.717, 1.165) is 30.4 Å². The summed E-state index contributed by atoms with van der Waals surface area (Å²) in [6, 6.07) is 9.88. The van der Waals surface area contributed by atoms with Crippen molar-refractivity contribution >= 4 is 22.2 Å². The van der Waals surface area contributed by atoms with E-state index in [9.17, 15) is 10.1 Å². The third-order valence-corrected chi connectivity index (χ3v) is 6.42. The Morgan fingerprint density at radius 1 is 1.33 bits per heavy atom. The first-order chi connectivity index (χ1) is 12.8. The van der Waals surface area contributed by atoms with Crippen LogP contribution in [0.25, 0.3) is 0 Å². The zero-order valence-corrected chi connectivity index (χ0v) is 17.2. The maximum atomic E-state index is 12.3. The molecule has 1 aromatic carbocycles. The summed E-state index contributed by atoms with van der Waals surface area (Å²) < 4.78 is 5.54. The number of nitrogens with one attached hydrogen (secondary N) is 1. The molecule has 0 fully saturated rings. The Morgan fingerprint density at radius 2 is 2.04 bits per heavy atom. The first kappa shape index (κ1) is 19.4. The summed E-state index contributed by atoms with van der Waals surface area (Å²) in [6.07, 6.45) is 2.98. The number of nitrogens with zero attached hydrogens (tertiary/aromatic N) is 1. The van der Waals surface area contributed by atoms with Gasteiger partial charge in [-0.05, 0) is 55.2 Å². The second-order valence-corrected chi connectivity index (χ2v) is 9.38. The summed E-state index contributed by atoms with van der Waals surface area (Å²) in [4.78, 5) is 13.6. The third kappa shape index (κ3) is 4.51. The van der Waals surface area contributed by atoms with E-state index >= 15 is 0 Å². The Labute approximate surface area is 165 Å². The lowest BCUT2D eigenvalue weighted by Gasteiger charge is -2.33. The molecule has 5 heteroatoms. The highest BCUT2D eigenvalue weighted by Crippen LogP contribution is 2.43. The number of carbonyl (C=O) groups excluding carboxylic acids is 1. The number of benzene rings is 1. The Bertz CT molecular complexity index is 869. The Kier molecular flexibility index (Phi) is 5.57. The molecule has 1 atom stereocenters. The van der Waals surface area contributed by atoms with Gasteiger partial charge in [0, 0.05) is 4.88 Å². The highest BCUT2D eigenvalue weighted by Gasteiger charge is 2.32. The van der Waals surface area contributed by atoms with Crippen LogP contribution < -0.4 is 10.1 Å². The maximum absolute atomic E-state index is 12.3. The number of rotatable bonds is 4. The molecule has 1 heterocycles. The van der Waals surface area contributed by atoms with Crippen molar-refractivity contribution in [3.8, 4) is 11.8 Å². The lowest BCUT2D eigenvalue weighted by Crippen LogP contribution is -2.26. The standard InChI is InChI=1S/C22H26N2O2S/c1-14-5-8-16(9-6-14)26-13-20(25)24-21-18(12-23)17-10-7-15(22(2,3)4)11-19(17)27-21/h5-6,8-9,15H,7,10-11,13H2,1-4H3,(H,24,25)/t15-/m1/s1. The smallest absolute Gasteiger partial charge is 0.262 e. The first-order valence-corrected chi connectivity index (χ1v) is 10.1. The highest BCUT2D eigenvalue weighted by atomic mass is 32.1. The highest BCUT2D eigenvalue weighted by molar-refractivity contribution is 7.16. The van der Waals surface area contributed by atoms with Gasteiger partial charge in [-0.3, -0.25) is 4.79 Å². The van der Waals surface area contributed by atoms with Crippen molar-refractivity contribution in [3.05, 3.63) is 45.8 Å². The monoisotopic (exact) mass is 382 g/mol. The normalized spacial score (nSPS) is 16.3. The average molecular weight is 383 g/mol. The molecule has 0 spiro atoms. The van der Waals surface area contributed by atoms with Crippen LogP contribution in [-0.4, -0.2) is 12.5 Å². The van der Waals surface area contributed by atoms with Crippen LogP contribution in [0.2, 0.25) is 0 Å². The van der Waals surface area contributed by atoms with Crippen LogP contribution in [0, 0.1) is 29.6 Å². The molecule has 2 aromatic rings. The number of anilines is 1. The molecule has 0 aliphatic heterocycles. The molecular formula is C22H26N2O2S. The van der Waals surface area contributed by atoms with Crippen molar-refractivity contribution in [2.24, 2.45) is 11.3 Å². The van der Waals surface area contributed by atoms with Gasteiger partial charge in [0.25, 0.3) is 5.91 Å². The number of thiophene rings is 1. The number of carbonyl (C=O) groups is 1. The van der Waals surface area contributed by atoms with E-state index in [1.54, 1.807) is 11.3 Å². The third-order valence-electron chi connectivity index (χ3n) is 5.25. The second kappa shape index (κ2) is 7.74. The molecule has 142 valence electrons. The van der Waals surface area contributed by atoms with Gasteiger partial charge in [0.05, 0.1) is 5.56 Å². The summed E-state index contributed by atoms with van der Waals surface area (Å²) in [5.41, 5.74) is 3.15. The quantitative estimate of drug-likeness (QED) is 0.800. The largest absolute Gasteiger partial charge is 0.484 e. The van der Waals surface area contributed by atoms with E-state index < -0.39 is 0 Å². The summed E-state index contributed by atoms with van der Waals surface area (Å²) in [7, 11) is 0. The van der Waals surface area contributed by atoms with Gasteiger partial charge in [0.15, 0.2) is 6.61 Å². The molecular weight excluding hydrogens is 356 g/mol. The van der Waals surface area contributed by atoms with Crippen molar-refractivity contribution in [1.82, 2.24) is 0 Å². The molecule has 0 saturated heterocycles. The number of aryl methyl sites for hydroxylation is 1. The van der Waals surface area contributed by atoms with Crippen LogP contribution in [0.4, 0.5) is 5.00 Å². The number of amides is 1. The van der Waals surface area contributed by atoms with Crippen LogP contribution in [0.1, 0.15) is 48.8 Å². The Balaban J connectivity index is 1.68. The Hall–Kier alpha value is -2.32. The molecule has 3 rings (SSSR count). The molecule has 0 bridgehead atoms. The van der Waals surface area contributed by atoms with Crippen molar-refractivity contribution in [2.75, 3.05) is 11.9 Å². The Morgan fingerprint density at radius 3 is 2.67 bits per heavy atom. The van der Waals surface area contributed by atoms with Gasteiger partial charge in [0.2, 0.25) is 0 Å². The molecule has 1 N–H and O–H groups in total. The fraction of sp³-hybridized carbons (Fsp3) is 0.455. The molecule has 1 amide bonds. The van der Waals surface area contributed by atoms with E-state index in [4.69, 9.17) is 4.74 Å². The minimum Gasteiger partial charge on any atom is -0.484 e. The van der Waals surface area contributed by atoms with Gasteiger partial charge >= 0.3 is 0 Å². The fourth-order valence-corrected chi connectivity index (χ4v) is 4.77. The number of ether oxygens (including phenoxy) is 1. The molecule has 1 aliphatic rings. The van der Waals surface area contributed by atoms with Gasteiger partial charge in [-0.25, -0.2) is 0 Å². The van der Waals surface area contributed by atoms with Gasteiger partial charge < -0.3 is 10.1 Å².